The van der Waals surface area contributed by atoms with Gasteiger partial charge in [0, 0.05) is 5.56 Å². The van der Waals surface area contributed by atoms with Crippen molar-refractivity contribution in [3.63, 3.8) is 0 Å². The number of fused-ring (bicyclic) bond motifs is 1. The molecule has 0 amide bonds. The Morgan fingerprint density at radius 3 is 2.10 bits per heavy atom. The fourth-order valence-corrected chi connectivity index (χ4v) is 3.04. The average molecular weight is 302 g/mol. The minimum atomic E-state index is -4.18. The van der Waals surface area contributed by atoms with Crippen LogP contribution in [0.2, 0.25) is 0 Å². The van der Waals surface area contributed by atoms with Gasteiger partial charge in [-0.15, -0.1) is 0 Å². The Bertz CT molecular complexity index is 678. The third-order valence-corrected chi connectivity index (χ3v) is 4.31. The van der Waals surface area contributed by atoms with Gasteiger partial charge in [0.15, 0.2) is 0 Å². The van der Waals surface area contributed by atoms with Crippen LogP contribution in [0.5, 0.6) is 0 Å². The number of hydrogen-bond donors (Lipinski definition) is 1. The van der Waals surface area contributed by atoms with Crippen LogP contribution in [0.15, 0.2) is 35.2 Å². The Kier molecular flexibility index (Phi) is 5.81. The van der Waals surface area contributed by atoms with Crippen molar-refractivity contribution in [3.05, 3.63) is 41.5 Å². The fourth-order valence-electron chi connectivity index (χ4n) is 2.29. The molecule has 0 spiro atoms. The third-order valence-electron chi connectivity index (χ3n) is 3.42. The summed E-state index contributed by atoms with van der Waals surface area (Å²) in [4.78, 5) is 0.00487. The molecule has 0 radical (unpaired) electrons. The molecule has 1 N–H and O–H groups in total. The van der Waals surface area contributed by atoms with Crippen LogP contribution in [-0.2, 0) is 16.5 Å². The van der Waals surface area contributed by atoms with E-state index in [0.29, 0.717) is 11.5 Å². The maximum absolute atomic E-state index is 11.5. The van der Waals surface area contributed by atoms with Crippen molar-refractivity contribution in [2.24, 2.45) is 0 Å². The second kappa shape index (κ2) is 6.58. The Labute approximate surface area is 142 Å². The van der Waals surface area contributed by atoms with Crippen LogP contribution in [-0.4, -0.2) is 42.5 Å². The minimum absolute atomic E-state index is 0. The van der Waals surface area contributed by atoms with Crippen molar-refractivity contribution in [1.82, 2.24) is 0 Å². The molecule has 0 saturated carbocycles. The summed E-state index contributed by atoms with van der Waals surface area (Å²) in [6, 6.07) is 9.22. The van der Waals surface area contributed by atoms with E-state index in [9.17, 15) is 13.0 Å². The van der Waals surface area contributed by atoms with Crippen molar-refractivity contribution in [2.75, 3.05) is 0 Å². The van der Waals surface area contributed by atoms with Gasteiger partial charge in [0.05, 0.1) is 0 Å². The molecule has 0 atom stereocenters. The number of rotatable bonds is 3. The quantitative estimate of drug-likeness (QED) is 0.700. The zero-order chi connectivity index (χ0) is 14.2. The molecule has 20 heavy (non-hydrogen) atoms. The summed E-state index contributed by atoms with van der Waals surface area (Å²) in [7, 11) is -4.18. The van der Waals surface area contributed by atoms with E-state index in [0.717, 1.165) is 23.1 Å². The molecule has 0 fully saturated rings. The molecule has 0 bridgehead atoms. The van der Waals surface area contributed by atoms with Crippen LogP contribution >= 0.6 is 0 Å². The van der Waals surface area contributed by atoms with E-state index in [1.807, 2.05) is 25.1 Å². The second-order valence-corrected chi connectivity index (χ2v) is 6.40. The van der Waals surface area contributed by atoms with Crippen molar-refractivity contribution in [2.45, 2.75) is 38.0 Å². The SMILES string of the molecule is CCc1cc(S(=O)(=O)O)c2ccc(C(C)C)ccc1-2.[NaH]. The topological polar surface area (TPSA) is 54.4 Å². The van der Waals surface area contributed by atoms with Gasteiger partial charge in [0.1, 0.15) is 4.90 Å². The Balaban J connectivity index is 0.00000200. The van der Waals surface area contributed by atoms with Gasteiger partial charge in [-0.3, -0.25) is 4.55 Å². The molecular weight excluding hydrogens is 283 g/mol. The van der Waals surface area contributed by atoms with Gasteiger partial charge in [0.2, 0.25) is 0 Å². The third kappa shape index (κ3) is 3.43. The van der Waals surface area contributed by atoms with E-state index in [-0.39, 0.29) is 34.5 Å². The molecule has 0 aromatic rings. The van der Waals surface area contributed by atoms with Crippen molar-refractivity contribution in [3.8, 4) is 11.1 Å². The standard InChI is InChI=1S/C15H18O3S.Na.H/c1-4-11-9-15(19(16,17)18)14-8-6-12(10(2)3)5-7-13(11)14;;/h5-10H,4H2,1-3H3,(H,16,17,18);;. The van der Waals surface area contributed by atoms with Crippen LogP contribution in [0.3, 0.4) is 0 Å². The van der Waals surface area contributed by atoms with Crippen LogP contribution in [0.4, 0.5) is 0 Å². The summed E-state index contributed by atoms with van der Waals surface area (Å²) >= 11 is 0. The fraction of sp³-hybridized carbons (Fsp3) is 0.333. The predicted octanol–water partition coefficient (Wildman–Crippen LogP) is 3.08. The van der Waals surface area contributed by atoms with E-state index >= 15 is 0 Å². The summed E-state index contributed by atoms with van der Waals surface area (Å²) in [5.74, 6) is 0.371. The van der Waals surface area contributed by atoms with E-state index in [1.54, 1.807) is 12.1 Å². The first-order chi connectivity index (χ1) is 8.84. The van der Waals surface area contributed by atoms with Crippen molar-refractivity contribution in [1.29, 1.82) is 0 Å². The molecule has 0 unspecified atom stereocenters. The Morgan fingerprint density at radius 2 is 1.65 bits per heavy atom. The Hall–Kier alpha value is -0.390. The zero-order valence-corrected chi connectivity index (χ0v) is 12.2. The zero-order valence-electron chi connectivity index (χ0n) is 11.3. The molecule has 0 heterocycles. The summed E-state index contributed by atoms with van der Waals surface area (Å²) in [5, 5.41) is 0. The molecule has 0 aliphatic heterocycles. The van der Waals surface area contributed by atoms with Gasteiger partial charge < -0.3 is 0 Å². The molecule has 0 saturated heterocycles. The van der Waals surface area contributed by atoms with Gasteiger partial charge in [-0.25, -0.2) is 0 Å². The molecular formula is C15H19NaO3S. The molecule has 2 rings (SSSR count). The van der Waals surface area contributed by atoms with Gasteiger partial charge in [-0.05, 0) is 35.1 Å². The molecule has 104 valence electrons. The normalized spacial score (nSPS) is 11.7. The maximum atomic E-state index is 11.5. The Morgan fingerprint density at radius 1 is 1.10 bits per heavy atom. The van der Waals surface area contributed by atoms with Crippen LogP contribution < -0.4 is 0 Å². The number of hydrogen-bond acceptors (Lipinski definition) is 2. The first kappa shape index (κ1) is 17.7. The molecule has 2 aliphatic rings. The van der Waals surface area contributed by atoms with Crippen molar-refractivity contribution < 1.29 is 13.0 Å². The molecule has 0 aromatic carbocycles. The van der Waals surface area contributed by atoms with Crippen LogP contribution in [0.25, 0.3) is 11.1 Å². The van der Waals surface area contributed by atoms with Gasteiger partial charge in [-0.2, -0.15) is 8.42 Å². The summed E-state index contributed by atoms with van der Waals surface area (Å²) < 4.78 is 32.2. The average Bonchev–Trinajstić information content (AvgIpc) is 2.52. The molecule has 0 aromatic heterocycles. The van der Waals surface area contributed by atoms with Crippen LogP contribution in [0.1, 0.15) is 37.8 Å². The first-order valence-electron chi connectivity index (χ1n) is 6.37. The van der Waals surface area contributed by atoms with Gasteiger partial charge in [-0.1, -0.05) is 45.0 Å². The summed E-state index contributed by atoms with van der Waals surface area (Å²) in [6.45, 7) is 6.15. The van der Waals surface area contributed by atoms with E-state index in [4.69, 9.17) is 0 Å². The van der Waals surface area contributed by atoms with Gasteiger partial charge >= 0.3 is 29.6 Å². The van der Waals surface area contributed by atoms with Gasteiger partial charge in [0.25, 0.3) is 10.1 Å². The monoisotopic (exact) mass is 302 g/mol. The second-order valence-electron chi connectivity index (χ2n) is 5.01. The van der Waals surface area contributed by atoms with Crippen LogP contribution in [0, 0.1) is 0 Å². The molecule has 2 aliphatic carbocycles. The van der Waals surface area contributed by atoms with Crippen molar-refractivity contribution >= 4 is 39.7 Å². The van der Waals surface area contributed by atoms with E-state index in [2.05, 4.69) is 13.8 Å². The molecule has 5 heteroatoms. The van der Waals surface area contributed by atoms with E-state index in [1.165, 1.54) is 0 Å². The first-order valence-corrected chi connectivity index (χ1v) is 7.81. The van der Waals surface area contributed by atoms with E-state index < -0.39 is 10.1 Å². The number of aryl methyl sites for hydroxylation is 1. The summed E-state index contributed by atoms with van der Waals surface area (Å²) in [5.41, 5.74) is 3.56. The molecule has 3 nitrogen and oxygen atoms in total. The predicted molar refractivity (Wildman–Crippen MR) is 83.5 cm³/mol. The summed E-state index contributed by atoms with van der Waals surface area (Å²) in [6.07, 6.45) is 0.729.